The number of hydrogen-bond acceptors (Lipinski definition) is 6. The number of piperidine rings is 1. The van der Waals surface area contributed by atoms with E-state index in [4.69, 9.17) is 5.84 Å². The van der Waals surface area contributed by atoms with Crippen LogP contribution in [0.3, 0.4) is 0 Å². The second kappa shape index (κ2) is 5.73. The van der Waals surface area contributed by atoms with Crippen LogP contribution in [0.1, 0.15) is 12.8 Å². The number of hydrazine groups is 1. The van der Waals surface area contributed by atoms with Gasteiger partial charge in [-0.3, -0.25) is 4.79 Å². The van der Waals surface area contributed by atoms with Crippen molar-refractivity contribution in [1.82, 2.24) is 14.6 Å². The Bertz CT molecular complexity index is 604. The summed E-state index contributed by atoms with van der Waals surface area (Å²) in [6.45, 7) is 0.366. The zero-order chi connectivity index (χ0) is 14.8. The quantitative estimate of drug-likeness (QED) is 0.498. The highest BCUT2D eigenvalue weighted by molar-refractivity contribution is 7.89. The van der Waals surface area contributed by atoms with Crippen LogP contribution >= 0.6 is 0 Å². The van der Waals surface area contributed by atoms with Gasteiger partial charge in [0.15, 0.2) is 0 Å². The summed E-state index contributed by atoms with van der Waals surface area (Å²) in [5, 5.41) is 0. The molecule has 1 fully saturated rings. The topological polar surface area (TPSA) is 117 Å². The van der Waals surface area contributed by atoms with Crippen molar-refractivity contribution < 1.29 is 13.2 Å². The minimum atomic E-state index is -3.66. The van der Waals surface area contributed by atoms with Crippen molar-refractivity contribution in [2.45, 2.75) is 23.8 Å². The lowest BCUT2D eigenvalue weighted by Crippen LogP contribution is -2.48. The van der Waals surface area contributed by atoms with Crippen LogP contribution in [0.2, 0.25) is 0 Å². The molecule has 1 atom stereocenters. The van der Waals surface area contributed by atoms with Gasteiger partial charge in [-0.1, -0.05) is 0 Å². The minimum absolute atomic E-state index is 0.0268. The van der Waals surface area contributed by atoms with E-state index in [0.29, 0.717) is 19.4 Å². The third kappa shape index (κ3) is 3.24. The molecule has 4 N–H and O–H groups in total. The number of nitrogens with one attached hydrogen (secondary N) is 2. The highest BCUT2D eigenvalue weighted by Crippen LogP contribution is 2.15. The summed E-state index contributed by atoms with van der Waals surface area (Å²) < 4.78 is 27.1. The molecule has 0 aliphatic carbocycles. The number of pyridine rings is 1. The highest BCUT2D eigenvalue weighted by atomic mass is 32.2. The van der Waals surface area contributed by atoms with Gasteiger partial charge in [-0.15, -0.1) is 0 Å². The van der Waals surface area contributed by atoms with Crippen molar-refractivity contribution >= 4 is 21.7 Å². The van der Waals surface area contributed by atoms with Crippen molar-refractivity contribution in [2.24, 2.45) is 5.84 Å². The number of anilines is 1. The van der Waals surface area contributed by atoms with Crippen LogP contribution in [0.25, 0.3) is 0 Å². The van der Waals surface area contributed by atoms with Crippen molar-refractivity contribution in [3.63, 3.8) is 0 Å². The lowest BCUT2D eigenvalue weighted by atomic mass is 10.1. The molecule has 1 aromatic heterocycles. The summed E-state index contributed by atoms with van der Waals surface area (Å²) in [4.78, 5) is 16.8. The number of carbonyl (C=O) groups excluding carboxylic acids is 1. The lowest BCUT2D eigenvalue weighted by molar-refractivity contribution is -0.132. The molecule has 1 aliphatic rings. The van der Waals surface area contributed by atoms with Gasteiger partial charge in [-0.2, -0.15) is 0 Å². The summed E-state index contributed by atoms with van der Waals surface area (Å²) >= 11 is 0. The van der Waals surface area contributed by atoms with Crippen LogP contribution in [0.4, 0.5) is 5.82 Å². The molecule has 9 heteroatoms. The fourth-order valence-electron chi connectivity index (χ4n) is 2.05. The fraction of sp³-hybridized carbons (Fsp3) is 0.455. The third-order valence-corrected chi connectivity index (χ3v) is 4.66. The SMILES string of the molecule is CN1CC(NS(=O)(=O)c2ccnc(NN)c2)CCC1=O. The number of carbonyl (C=O) groups is 1. The number of likely N-dealkylation sites (tertiary alicyclic amines) is 1. The average molecular weight is 299 g/mol. The van der Waals surface area contributed by atoms with E-state index in [1.54, 1.807) is 7.05 Å². The molecule has 20 heavy (non-hydrogen) atoms. The number of amides is 1. The third-order valence-electron chi connectivity index (χ3n) is 3.14. The van der Waals surface area contributed by atoms with Crippen molar-refractivity contribution in [2.75, 3.05) is 19.0 Å². The number of nitrogens with zero attached hydrogens (tertiary/aromatic N) is 2. The Morgan fingerprint density at radius 2 is 2.25 bits per heavy atom. The molecule has 0 aromatic carbocycles. The van der Waals surface area contributed by atoms with E-state index in [1.807, 2.05) is 0 Å². The van der Waals surface area contributed by atoms with Gasteiger partial charge in [0, 0.05) is 38.3 Å². The van der Waals surface area contributed by atoms with Crippen LogP contribution in [0, 0.1) is 0 Å². The number of nitrogens with two attached hydrogens (primary N) is 1. The number of rotatable bonds is 4. The van der Waals surface area contributed by atoms with E-state index in [2.05, 4.69) is 15.1 Å². The molecule has 0 radical (unpaired) electrons. The number of hydrogen-bond donors (Lipinski definition) is 3. The van der Waals surface area contributed by atoms with Crippen LogP contribution in [0.5, 0.6) is 0 Å². The molecular formula is C11H17N5O3S. The van der Waals surface area contributed by atoms with Crippen LogP contribution in [0.15, 0.2) is 23.2 Å². The van der Waals surface area contributed by atoms with E-state index in [-0.39, 0.29) is 22.7 Å². The maximum absolute atomic E-state index is 12.2. The predicted molar refractivity (Wildman–Crippen MR) is 73.0 cm³/mol. The van der Waals surface area contributed by atoms with E-state index in [9.17, 15) is 13.2 Å². The van der Waals surface area contributed by atoms with Crippen molar-refractivity contribution in [3.05, 3.63) is 18.3 Å². The smallest absolute Gasteiger partial charge is 0.241 e. The fourth-order valence-corrected chi connectivity index (χ4v) is 3.33. The highest BCUT2D eigenvalue weighted by Gasteiger charge is 2.27. The molecule has 2 heterocycles. The lowest BCUT2D eigenvalue weighted by Gasteiger charge is -2.29. The normalized spacial score (nSPS) is 20.0. The Hall–Kier alpha value is -1.71. The standard InChI is InChI=1S/C11H17N5O3S/c1-16-7-8(2-3-11(16)17)15-20(18,19)9-4-5-13-10(6-9)14-12/h4-6,8,15H,2-3,7,12H2,1H3,(H,13,14). The summed E-state index contributed by atoms with van der Waals surface area (Å²) in [5.74, 6) is 5.50. The number of likely N-dealkylation sites (N-methyl/N-ethyl adjacent to an activating group) is 1. The molecule has 0 bridgehead atoms. The van der Waals surface area contributed by atoms with Crippen LogP contribution in [-0.2, 0) is 14.8 Å². The van der Waals surface area contributed by atoms with Gasteiger partial charge in [0.25, 0.3) is 0 Å². The Morgan fingerprint density at radius 3 is 2.90 bits per heavy atom. The first kappa shape index (κ1) is 14.7. The Balaban J connectivity index is 2.13. The summed E-state index contributed by atoms with van der Waals surface area (Å²) in [6, 6.07) is 2.45. The molecule has 2 rings (SSSR count). The molecule has 1 saturated heterocycles. The molecule has 8 nitrogen and oxygen atoms in total. The van der Waals surface area contributed by atoms with E-state index in [1.165, 1.54) is 23.2 Å². The van der Waals surface area contributed by atoms with Crippen LogP contribution in [-0.4, -0.2) is 43.8 Å². The summed E-state index contributed by atoms with van der Waals surface area (Å²) in [5.41, 5.74) is 2.30. The van der Waals surface area contributed by atoms with Gasteiger partial charge in [-0.25, -0.2) is 24.0 Å². The van der Waals surface area contributed by atoms with Gasteiger partial charge in [0.2, 0.25) is 15.9 Å². The Labute approximate surface area is 117 Å². The second-order valence-corrected chi connectivity index (χ2v) is 6.37. The summed E-state index contributed by atoms with van der Waals surface area (Å²) in [7, 11) is -2.00. The van der Waals surface area contributed by atoms with E-state index in [0.717, 1.165) is 0 Å². The zero-order valence-corrected chi connectivity index (χ0v) is 11.9. The molecule has 0 saturated carbocycles. The summed E-state index contributed by atoms with van der Waals surface area (Å²) in [6.07, 6.45) is 2.20. The number of aromatic nitrogens is 1. The zero-order valence-electron chi connectivity index (χ0n) is 11.0. The minimum Gasteiger partial charge on any atom is -0.344 e. The molecule has 0 spiro atoms. The van der Waals surface area contributed by atoms with E-state index < -0.39 is 10.0 Å². The second-order valence-electron chi connectivity index (χ2n) is 4.65. The first-order chi connectivity index (χ1) is 9.42. The Morgan fingerprint density at radius 1 is 1.50 bits per heavy atom. The first-order valence-corrected chi connectivity index (χ1v) is 7.59. The first-order valence-electron chi connectivity index (χ1n) is 6.11. The largest absolute Gasteiger partial charge is 0.344 e. The predicted octanol–water partition coefficient (Wildman–Crippen LogP) is -0.734. The van der Waals surface area contributed by atoms with Gasteiger partial charge in [0.1, 0.15) is 5.82 Å². The van der Waals surface area contributed by atoms with Gasteiger partial charge >= 0.3 is 0 Å². The maximum atomic E-state index is 12.2. The average Bonchev–Trinajstić information content (AvgIpc) is 2.43. The van der Waals surface area contributed by atoms with Crippen LogP contribution < -0.4 is 16.0 Å². The monoisotopic (exact) mass is 299 g/mol. The van der Waals surface area contributed by atoms with Gasteiger partial charge < -0.3 is 10.3 Å². The maximum Gasteiger partial charge on any atom is 0.241 e. The van der Waals surface area contributed by atoms with Gasteiger partial charge in [0.05, 0.1) is 4.90 Å². The van der Waals surface area contributed by atoms with Crippen molar-refractivity contribution in [3.8, 4) is 0 Å². The number of sulfonamides is 1. The van der Waals surface area contributed by atoms with Gasteiger partial charge in [-0.05, 0) is 12.5 Å². The van der Waals surface area contributed by atoms with E-state index >= 15 is 0 Å². The molecular weight excluding hydrogens is 282 g/mol. The molecule has 1 aliphatic heterocycles. The van der Waals surface area contributed by atoms with Crippen molar-refractivity contribution in [1.29, 1.82) is 0 Å². The Kier molecular flexibility index (Phi) is 4.21. The molecule has 1 unspecified atom stereocenters. The molecule has 1 aromatic rings. The molecule has 1 amide bonds. The number of nitrogen functional groups attached to an aromatic ring is 1. The molecule has 110 valence electrons.